The molecule has 0 saturated heterocycles. The lowest BCUT2D eigenvalue weighted by Gasteiger charge is -2.43. The second-order valence-corrected chi connectivity index (χ2v) is 8.88. The zero-order valence-corrected chi connectivity index (χ0v) is 17.4. The van der Waals surface area contributed by atoms with E-state index >= 15 is 0 Å². The third-order valence-electron chi connectivity index (χ3n) is 6.68. The summed E-state index contributed by atoms with van der Waals surface area (Å²) in [6.45, 7) is 0.547. The molecule has 2 aromatic rings. The van der Waals surface area contributed by atoms with Gasteiger partial charge < -0.3 is 21.3 Å². The van der Waals surface area contributed by atoms with Crippen molar-refractivity contribution in [3.8, 4) is 17.3 Å². The molecular weight excluding hydrogens is 420 g/mol. The first-order chi connectivity index (χ1) is 15.1. The number of aliphatic hydroxyl groups is 2. The highest BCUT2D eigenvalue weighted by Crippen LogP contribution is 2.61. The molecule has 1 heterocycles. The summed E-state index contributed by atoms with van der Waals surface area (Å²) >= 11 is 0. The van der Waals surface area contributed by atoms with E-state index in [2.05, 4.69) is 21.4 Å². The summed E-state index contributed by atoms with van der Waals surface area (Å²) in [7, 11) is 0. The molecule has 32 heavy (non-hydrogen) atoms. The van der Waals surface area contributed by atoms with Gasteiger partial charge in [0, 0.05) is 11.1 Å². The van der Waals surface area contributed by atoms with Crippen molar-refractivity contribution in [2.24, 2.45) is 5.41 Å². The molecule has 2 bridgehead atoms. The van der Waals surface area contributed by atoms with Crippen LogP contribution in [-0.2, 0) is 5.60 Å². The molecule has 1 atom stereocenters. The fourth-order valence-electron chi connectivity index (χ4n) is 4.81. The molecule has 0 spiro atoms. The molecule has 3 aliphatic carbocycles. The first-order valence-corrected chi connectivity index (χ1v) is 10.2. The number of aliphatic hydroxyl groups excluding tert-OH is 1. The number of hydrogen-bond donors (Lipinski definition) is 4. The highest BCUT2D eigenvalue weighted by molar-refractivity contribution is 5.97. The zero-order valence-electron chi connectivity index (χ0n) is 17.4. The first kappa shape index (κ1) is 22.0. The highest BCUT2D eigenvalue weighted by atomic mass is 19.3. The normalized spacial score (nSPS) is 25.7. The van der Waals surface area contributed by atoms with Crippen molar-refractivity contribution >= 4 is 11.7 Å². The standard InChI is InChI=1S/C22H23F2N5O3/c1-12-2-3-13(22(32,11-30)19(23)24)6-14(12)15-7-27-17(26)16(28-15)18(31)29-21-5-4-20(8-21,9-21)10-25/h2-3,6-7,19,30,32H,4-5,8-9,11H2,1H3,(H2,26,27)(H,29,31)/t20?,21?,22-/m1/s1. The van der Waals surface area contributed by atoms with Crippen LogP contribution in [0.15, 0.2) is 24.4 Å². The summed E-state index contributed by atoms with van der Waals surface area (Å²) in [4.78, 5) is 21.3. The number of halogens is 2. The lowest BCUT2D eigenvalue weighted by Crippen LogP contribution is -2.55. The number of nitriles is 1. The van der Waals surface area contributed by atoms with Crippen LogP contribution in [0.5, 0.6) is 0 Å². The lowest BCUT2D eigenvalue weighted by atomic mass is 9.66. The molecule has 1 aromatic heterocycles. The Balaban J connectivity index is 1.66. The van der Waals surface area contributed by atoms with E-state index in [1.54, 1.807) is 6.92 Å². The number of nitrogens with zero attached hydrogens (tertiary/aromatic N) is 3. The number of nitrogen functional groups attached to an aromatic ring is 1. The molecule has 8 nitrogen and oxygen atoms in total. The molecule has 0 aliphatic heterocycles. The van der Waals surface area contributed by atoms with Crippen LogP contribution in [0.2, 0.25) is 0 Å². The van der Waals surface area contributed by atoms with Crippen LogP contribution in [0.1, 0.15) is 47.3 Å². The fourth-order valence-corrected chi connectivity index (χ4v) is 4.81. The van der Waals surface area contributed by atoms with E-state index in [0.29, 0.717) is 30.4 Å². The summed E-state index contributed by atoms with van der Waals surface area (Å²) in [6.07, 6.45) is 0.711. The van der Waals surface area contributed by atoms with Gasteiger partial charge in [0.1, 0.15) is 0 Å². The molecule has 10 heteroatoms. The van der Waals surface area contributed by atoms with E-state index in [4.69, 9.17) is 5.73 Å². The molecule has 0 radical (unpaired) electrons. The number of nitrogens with two attached hydrogens (primary N) is 1. The summed E-state index contributed by atoms with van der Waals surface area (Å²) in [5, 5.41) is 31.8. The smallest absolute Gasteiger partial charge is 0.274 e. The number of fused-ring (bicyclic) bond motifs is 1. The fraction of sp³-hybridized carbons (Fsp3) is 0.455. The van der Waals surface area contributed by atoms with E-state index in [-0.39, 0.29) is 28.2 Å². The van der Waals surface area contributed by atoms with Gasteiger partial charge in [0.2, 0.25) is 0 Å². The number of aromatic nitrogens is 2. The second kappa shape index (κ2) is 7.46. The molecule has 5 N–H and O–H groups in total. The van der Waals surface area contributed by atoms with E-state index in [1.807, 2.05) is 0 Å². The SMILES string of the molecule is Cc1ccc([C@](O)(CO)C(F)F)cc1-c1cnc(N)c(C(=O)NC23CCC(C#N)(C2)C3)n1. The topological polar surface area (TPSA) is 145 Å². The van der Waals surface area contributed by atoms with Gasteiger partial charge in [-0.2, -0.15) is 5.26 Å². The number of alkyl halides is 2. The minimum Gasteiger partial charge on any atom is -0.393 e. The van der Waals surface area contributed by atoms with Crippen LogP contribution in [0.25, 0.3) is 11.3 Å². The van der Waals surface area contributed by atoms with Crippen LogP contribution in [-0.4, -0.2) is 44.7 Å². The van der Waals surface area contributed by atoms with E-state index in [1.165, 1.54) is 24.4 Å². The Kier molecular flexibility index (Phi) is 5.14. The van der Waals surface area contributed by atoms with E-state index < -0.39 is 30.1 Å². The lowest BCUT2D eigenvalue weighted by molar-refractivity contribution is -0.129. The largest absolute Gasteiger partial charge is 0.393 e. The predicted molar refractivity (Wildman–Crippen MR) is 110 cm³/mol. The summed E-state index contributed by atoms with van der Waals surface area (Å²) < 4.78 is 26.8. The van der Waals surface area contributed by atoms with Gasteiger partial charge in [-0.3, -0.25) is 4.79 Å². The maximum absolute atomic E-state index is 13.4. The quantitative estimate of drug-likeness (QED) is 0.534. The minimum absolute atomic E-state index is 0.0835. The number of rotatable bonds is 6. The van der Waals surface area contributed by atoms with Crippen molar-refractivity contribution in [2.45, 2.75) is 50.2 Å². The van der Waals surface area contributed by atoms with Gasteiger partial charge in [0.15, 0.2) is 17.1 Å². The summed E-state index contributed by atoms with van der Waals surface area (Å²) in [6, 6.07) is 6.44. The molecule has 1 amide bonds. The Labute approximate surface area is 183 Å². The number of carbonyl (C=O) groups is 1. The van der Waals surface area contributed by atoms with E-state index in [9.17, 15) is 29.1 Å². The van der Waals surface area contributed by atoms with Gasteiger partial charge in [-0.05, 0) is 49.8 Å². The maximum Gasteiger partial charge on any atom is 0.274 e. The van der Waals surface area contributed by atoms with Gasteiger partial charge >= 0.3 is 0 Å². The monoisotopic (exact) mass is 443 g/mol. The predicted octanol–water partition coefficient (Wildman–Crippen LogP) is 2.05. The number of benzene rings is 1. The summed E-state index contributed by atoms with van der Waals surface area (Å²) in [5.41, 5.74) is 3.27. The molecule has 168 valence electrons. The number of nitrogens with one attached hydrogen (secondary N) is 1. The number of aryl methyl sites for hydroxylation is 1. The molecule has 3 saturated carbocycles. The van der Waals surface area contributed by atoms with Crippen LogP contribution in [0.3, 0.4) is 0 Å². The zero-order chi connectivity index (χ0) is 23.3. The number of hydrogen-bond acceptors (Lipinski definition) is 7. The van der Waals surface area contributed by atoms with Crippen molar-refractivity contribution in [3.63, 3.8) is 0 Å². The average molecular weight is 443 g/mol. The maximum atomic E-state index is 13.4. The van der Waals surface area contributed by atoms with Crippen molar-refractivity contribution in [2.75, 3.05) is 12.3 Å². The number of anilines is 1. The van der Waals surface area contributed by atoms with E-state index in [0.717, 1.165) is 6.42 Å². The van der Waals surface area contributed by atoms with Crippen LogP contribution in [0, 0.1) is 23.7 Å². The molecular formula is C22H23F2N5O3. The van der Waals surface area contributed by atoms with Gasteiger partial charge in [-0.1, -0.05) is 12.1 Å². The molecule has 0 unspecified atom stereocenters. The Hall–Kier alpha value is -3.16. The Morgan fingerprint density at radius 3 is 2.72 bits per heavy atom. The second-order valence-electron chi connectivity index (χ2n) is 8.88. The van der Waals surface area contributed by atoms with Crippen LogP contribution in [0.4, 0.5) is 14.6 Å². The van der Waals surface area contributed by atoms with Gasteiger partial charge in [-0.25, -0.2) is 18.7 Å². The van der Waals surface area contributed by atoms with Crippen LogP contribution < -0.4 is 11.1 Å². The first-order valence-electron chi connectivity index (χ1n) is 10.2. The molecule has 3 fully saturated rings. The minimum atomic E-state index is -3.21. The van der Waals surface area contributed by atoms with Gasteiger partial charge in [-0.15, -0.1) is 0 Å². The average Bonchev–Trinajstić information content (AvgIpc) is 3.29. The Morgan fingerprint density at radius 2 is 2.12 bits per heavy atom. The summed E-state index contributed by atoms with van der Waals surface area (Å²) in [5.74, 6) is -0.599. The Morgan fingerprint density at radius 1 is 1.41 bits per heavy atom. The molecule has 1 aromatic carbocycles. The van der Waals surface area contributed by atoms with Gasteiger partial charge in [0.25, 0.3) is 12.3 Å². The van der Waals surface area contributed by atoms with Crippen LogP contribution >= 0.6 is 0 Å². The molecule has 3 aliphatic rings. The Bertz CT molecular complexity index is 1130. The number of carbonyl (C=O) groups excluding carboxylic acids is 1. The highest BCUT2D eigenvalue weighted by Gasteiger charge is 2.62. The van der Waals surface area contributed by atoms with Crippen molar-refractivity contribution in [3.05, 3.63) is 41.2 Å². The van der Waals surface area contributed by atoms with Crippen molar-refractivity contribution in [1.82, 2.24) is 15.3 Å². The van der Waals surface area contributed by atoms with Crippen molar-refractivity contribution in [1.29, 1.82) is 5.26 Å². The number of amides is 1. The third kappa shape index (κ3) is 3.38. The van der Waals surface area contributed by atoms with Gasteiger partial charge in [0.05, 0.1) is 30.0 Å². The molecule has 5 rings (SSSR count). The van der Waals surface area contributed by atoms with Crippen molar-refractivity contribution < 1.29 is 23.8 Å². The third-order valence-corrected chi connectivity index (χ3v) is 6.68.